The van der Waals surface area contributed by atoms with E-state index in [1.54, 1.807) is 18.3 Å². The monoisotopic (exact) mass is 239 g/mol. The number of fused-ring (bicyclic) bond motifs is 1. The lowest BCUT2D eigenvalue weighted by molar-refractivity contribution is 0.628. The largest absolute Gasteiger partial charge is 0.355 e. The van der Waals surface area contributed by atoms with Crippen LogP contribution < -0.4 is 5.32 Å². The van der Waals surface area contributed by atoms with E-state index in [9.17, 15) is 4.39 Å². The zero-order valence-corrected chi connectivity index (χ0v) is 9.47. The van der Waals surface area contributed by atoms with Crippen LogP contribution in [0.4, 0.5) is 15.8 Å². The molecule has 0 unspecified atom stereocenters. The van der Waals surface area contributed by atoms with Gasteiger partial charge in [-0.15, -0.1) is 0 Å². The second-order valence-electron chi connectivity index (χ2n) is 3.89. The maximum absolute atomic E-state index is 12.8. The van der Waals surface area contributed by atoms with Gasteiger partial charge in [-0.05, 0) is 36.4 Å². The summed E-state index contributed by atoms with van der Waals surface area (Å²) < 4.78 is 12.8. The van der Waals surface area contributed by atoms with Crippen LogP contribution in [0.3, 0.4) is 0 Å². The fraction of sp³-hybridized carbons (Fsp3) is 0. The van der Waals surface area contributed by atoms with Gasteiger partial charge in [-0.1, -0.05) is 6.07 Å². The van der Waals surface area contributed by atoms with Crippen molar-refractivity contribution in [3.8, 4) is 0 Å². The molecule has 88 valence electrons. The Morgan fingerprint density at radius 1 is 1.00 bits per heavy atom. The summed E-state index contributed by atoms with van der Waals surface area (Å²) in [5, 5.41) is 4.16. The Hall–Kier alpha value is -2.49. The Morgan fingerprint density at radius 2 is 1.83 bits per heavy atom. The van der Waals surface area contributed by atoms with Crippen LogP contribution in [0.1, 0.15) is 0 Å². The molecule has 0 amide bonds. The lowest BCUT2D eigenvalue weighted by atomic mass is 10.2. The smallest absolute Gasteiger partial charge is 0.123 e. The number of aromatic nitrogens is 2. The lowest BCUT2D eigenvalue weighted by Gasteiger charge is -2.08. The first-order valence-corrected chi connectivity index (χ1v) is 5.54. The van der Waals surface area contributed by atoms with Crippen LogP contribution in [0.2, 0.25) is 0 Å². The molecule has 0 saturated heterocycles. The highest BCUT2D eigenvalue weighted by atomic mass is 19.1. The summed E-state index contributed by atoms with van der Waals surface area (Å²) in [6.07, 6.45) is 3.28. The lowest BCUT2D eigenvalue weighted by Crippen LogP contribution is -1.92. The average Bonchev–Trinajstić information content (AvgIpc) is 2.42. The number of anilines is 2. The Balaban J connectivity index is 2.02. The van der Waals surface area contributed by atoms with Crippen molar-refractivity contribution in [2.75, 3.05) is 5.32 Å². The summed E-state index contributed by atoms with van der Waals surface area (Å²) in [6, 6.07) is 12.0. The molecular weight excluding hydrogens is 229 g/mol. The maximum atomic E-state index is 12.8. The van der Waals surface area contributed by atoms with Gasteiger partial charge in [-0.2, -0.15) is 0 Å². The predicted octanol–water partition coefficient (Wildman–Crippen LogP) is 3.51. The number of nitrogens with one attached hydrogen (secondary N) is 1. The van der Waals surface area contributed by atoms with Crippen molar-refractivity contribution in [1.82, 2.24) is 9.97 Å². The molecular formula is C14H10FN3. The molecule has 0 aliphatic heterocycles. The van der Waals surface area contributed by atoms with Crippen LogP contribution >= 0.6 is 0 Å². The first-order valence-electron chi connectivity index (χ1n) is 5.54. The first-order chi connectivity index (χ1) is 8.83. The third-order valence-electron chi connectivity index (χ3n) is 2.67. The van der Waals surface area contributed by atoms with Gasteiger partial charge in [0.15, 0.2) is 0 Å². The summed E-state index contributed by atoms with van der Waals surface area (Å²) in [4.78, 5) is 8.20. The van der Waals surface area contributed by atoms with E-state index in [-0.39, 0.29) is 5.82 Å². The standard InChI is InChI=1S/C14H10FN3/c15-10-4-6-11(7-5-10)18-14-3-1-2-13-12(14)8-16-9-17-13/h1-9,18H. The third-order valence-corrected chi connectivity index (χ3v) is 2.67. The molecule has 0 aliphatic rings. The van der Waals surface area contributed by atoms with E-state index in [4.69, 9.17) is 0 Å². The van der Waals surface area contributed by atoms with Crippen LogP contribution in [0.5, 0.6) is 0 Å². The van der Waals surface area contributed by atoms with Gasteiger partial charge in [0.2, 0.25) is 0 Å². The van der Waals surface area contributed by atoms with E-state index >= 15 is 0 Å². The van der Waals surface area contributed by atoms with Crippen LogP contribution in [0, 0.1) is 5.82 Å². The van der Waals surface area contributed by atoms with Crippen molar-refractivity contribution in [2.45, 2.75) is 0 Å². The number of halogens is 1. The van der Waals surface area contributed by atoms with Gasteiger partial charge in [-0.25, -0.2) is 14.4 Å². The second kappa shape index (κ2) is 4.41. The van der Waals surface area contributed by atoms with Gasteiger partial charge < -0.3 is 5.32 Å². The highest BCUT2D eigenvalue weighted by molar-refractivity contribution is 5.92. The van der Waals surface area contributed by atoms with E-state index in [1.165, 1.54) is 18.5 Å². The molecule has 0 atom stereocenters. The summed E-state index contributed by atoms with van der Waals surface area (Å²) in [5.41, 5.74) is 2.60. The van der Waals surface area contributed by atoms with Crippen molar-refractivity contribution in [2.24, 2.45) is 0 Å². The maximum Gasteiger partial charge on any atom is 0.123 e. The number of benzene rings is 2. The number of nitrogens with zero attached hydrogens (tertiary/aromatic N) is 2. The molecule has 0 aliphatic carbocycles. The molecule has 3 nitrogen and oxygen atoms in total. The highest BCUT2D eigenvalue weighted by Gasteiger charge is 2.02. The Kier molecular flexibility index (Phi) is 2.61. The molecule has 4 heteroatoms. The van der Waals surface area contributed by atoms with Crippen LogP contribution in [0.25, 0.3) is 10.9 Å². The van der Waals surface area contributed by atoms with Crippen molar-refractivity contribution < 1.29 is 4.39 Å². The fourth-order valence-corrected chi connectivity index (χ4v) is 1.80. The topological polar surface area (TPSA) is 37.8 Å². The zero-order valence-electron chi connectivity index (χ0n) is 9.47. The normalized spacial score (nSPS) is 10.5. The Bertz CT molecular complexity index is 675. The molecule has 0 saturated carbocycles. The molecule has 3 rings (SSSR count). The molecule has 0 fully saturated rings. The highest BCUT2D eigenvalue weighted by Crippen LogP contribution is 2.24. The molecule has 2 aromatic carbocycles. The van der Waals surface area contributed by atoms with E-state index in [2.05, 4.69) is 15.3 Å². The molecule has 1 heterocycles. The zero-order chi connectivity index (χ0) is 12.4. The number of hydrogen-bond donors (Lipinski definition) is 1. The Labute approximate surface area is 103 Å². The van der Waals surface area contributed by atoms with E-state index < -0.39 is 0 Å². The molecule has 1 aromatic heterocycles. The molecule has 0 spiro atoms. The minimum atomic E-state index is -0.248. The van der Waals surface area contributed by atoms with Gasteiger partial charge in [0.1, 0.15) is 12.1 Å². The minimum absolute atomic E-state index is 0.248. The van der Waals surface area contributed by atoms with Gasteiger partial charge in [0.05, 0.1) is 5.52 Å². The second-order valence-corrected chi connectivity index (χ2v) is 3.89. The van der Waals surface area contributed by atoms with Crippen LogP contribution in [0.15, 0.2) is 55.0 Å². The van der Waals surface area contributed by atoms with E-state index in [1.807, 2.05) is 18.2 Å². The summed E-state index contributed by atoms with van der Waals surface area (Å²) in [6.45, 7) is 0. The molecule has 0 radical (unpaired) electrons. The molecule has 0 bridgehead atoms. The SMILES string of the molecule is Fc1ccc(Nc2cccc3ncncc23)cc1. The van der Waals surface area contributed by atoms with Crippen molar-refractivity contribution in [3.05, 3.63) is 60.8 Å². The van der Waals surface area contributed by atoms with Gasteiger partial charge in [-0.3, -0.25) is 0 Å². The predicted molar refractivity (Wildman–Crippen MR) is 69.2 cm³/mol. The van der Waals surface area contributed by atoms with Gasteiger partial charge in [0, 0.05) is 23.0 Å². The first kappa shape index (κ1) is 10.7. The van der Waals surface area contributed by atoms with Gasteiger partial charge in [0.25, 0.3) is 0 Å². The third kappa shape index (κ3) is 2.00. The van der Waals surface area contributed by atoms with E-state index in [0.29, 0.717) is 0 Å². The summed E-state index contributed by atoms with van der Waals surface area (Å²) in [7, 11) is 0. The molecule has 18 heavy (non-hydrogen) atoms. The van der Waals surface area contributed by atoms with Crippen molar-refractivity contribution in [3.63, 3.8) is 0 Å². The molecule has 3 aromatic rings. The number of rotatable bonds is 2. The van der Waals surface area contributed by atoms with E-state index in [0.717, 1.165) is 22.3 Å². The summed E-state index contributed by atoms with van der Waals surface area (Å²) in [5.74, 6) is -0.248. The fourth-order valence-electron chi connectivity index (χ4n) is 1.80. The average molecular weight is 239 g/mol. The summed E-state index contributed by atoms with van der Waals surface area (Å²) >= 11 is 0. The van der Waals surface area contributed by atoms with Crippen molar-refractivity contribution in [1.29, 1.82) is 0 Å². The van der Waals surface area contributed by atoms with Crippen LogP contribution in [-0.2, 0) is 0 Å². The minimum Gasteiger partial charge on any atom is -0.355 e. The Morgan fingerprint density at radius 3 is 2.67 bits per heavy atom. The molecule has 1 N–H and O–H groups in total. The van der Waals surface area contributed by atoms with Crippen molar-refractivity contribution >= 4 is 22.3 Å². The van der Waals surface area contributed by atoms with Crippen LogP contribution in [-0.4, -0.2) is 9.97 Å². The van der Waals surface area contributed by atoms with Gasteiger partial charge >= 0.3 is 0 Å². The quantitative estimate of drug-likeness (QED) is 0.743. The number of hydrogen-bond acceptors (Lipinski definition) is 3.